The molecule has 3 rings (SSSR count). The van der Waals surface area contributed by atoms with Gasteiger partial charge in [0.25, 0.3) is 0 Å². The van der Waals surface area contributed by atoms with Gasteiger partial charge in [0.2, 0.25) is 0 Å². The van der Waals surface area contributed by atoms with Gasteiger partial charge in [0, 0.05) is 37.9 Å². The third-order valence-electron chi connectivity index (χ3n) is 5.52. The Bertz CT molecular complexity index is 637. The van der Waals surface area contributed by atoms with Crippen LogP contribution < -0.4 is 5.32 Å². The van der Waals surface area contributed by atoms with Gasteiger partial charge >= 0.3 is 6.03 Å². The number of nitrogens with one attached hydrogen (secondary N) is 1. The number of halogens is 2. The maximum atomic E-state index is 12.5. The third-order valence-corrected chi connectivity index (χ3v) is 6.26. The second-order valence-electron chi connectivity index (χ2n) is 7.03. The van der Waals surface area contributed by atoms with Crippen molar-refractivity contribution < 1.29 is 14.6 Å². The lowest BCUT2D eigenvalue weighted by molar-refractivity contribution is -0.124. The van der Waals surface area contributed by atoms with E-state index in [9.17, 15) is 9.90 Å². The van der Waals surface area contributed by atoms with E-state index in [0.717, 1.165) is 12.8 Å². The lowest BCUT2D eigenvalue weighted by atomic mass is 9.70. The summed E-state index contributed by atoms with van der Waals surface area (Å²) in [4.78, 5) is 14.3. The fourth-order valence-electron chi connectivity index (χ4n) is 3.91. The molecule has 5 nitrogen and oxygen atoms in total. The number of nitrogens with zero attached hydrogens (tertiary/aromatic N) is 1. The molecule has 25 heavy (non-hydrogen) atoms. The van der Waals surface area contributed by atoms with Crippen molar-refractivity contribution in [3.05, 3.63) is 28.2 Å². The molecule has 0 radical (unpaired) electrons. The van der Waals surface area contributed by atoms with Crippen molar-refractivity contribution in [2.24, 2.45) is 11.8 Å². The molecule has 2 N–H and O–H groups in total. The summed E-state index contributed by atoms with van der Waals surface area (Å²) in [7, 11) is 0. The van der Waals surface area contributed by atoms with Crippen molar-refractivity contribution in [1.82, 2.24) is 4.90 Å². The molecule has 2 unspecified atom stereocenters. The molecule has 0 saturated carbocycles. The van der Waals surface area contributed by atoms with Gasteiger partial charge in [0.05, 0.1) is 15.6 Å². The lowest BCUT2D eigenvalue weighted by Gasteiger charge is -2.48. The van der Waals surface area contributed by atoms with Crippen LogP contribution in [-0.2, 0) is 4.74 Å². The number of urea groups is 1. The Labute approximate surface area is 158 Å². The molecule has 7 heteroatoms. The second-order valence-corrected chi connectivity index (χ2v) is 7.85. The molecule has 2 fully saturated rings. The maximum absolute atomic E-state index is 12.5. The van der Waals surface area contributed by atoms with Gasteiger partial charge in [-0.2, -0.15) is 0 Å². The highest BCUT2D eigenvalue weighted by atomic mass is 35.5. The molecule has 1 aromatic rings. The number of carbonyl (C=O) groups excluding carboxylic acids is 1. The standard InChI is InChI=1S/C18H24Cl2N2O3/c1-12-11-22(7-6-18(12,24)13-4-8-25-9-5-13)17(23)21-14-2-3-15(19)16(20)10-14/h2-3,10,12-13,24H,4-9,11H2,1H3,(H,21,23). The molecule has 2 heterocycles. The zero-order valence-corrected chi connectivity index (χ0v) is 15.8. The summed E-state index contributed by atoms with van der Waals surface area (Å²) in [5.74, 6) is 0.264. The van der Waals surface area contributed by atoms with Gasteiger partial charge in [-0.3, -0.25) is 0 Å². The highest BCUT2D eigenvalue weighted by Crippen LogP contribution is 2.39. The summed E-state index contributed by atoms with van der Waals surface area (Å²) in [6.07, 6.45) is 2.36. The van der Waals surface area contributed by atoms with Crippen LogP contribution in [0.4, 0.5) is 10.5 Å². The molecule has 138 valence electrons. The van der Waals surface area contributed by atoms with Crippen molar-refractivity contribution in [1.29, 1.82) is 0 Å². The van der Waals surface area contributed by atoms with Gasteiger partial charge in [-0.25, -0.2) is 4.79 Å². The number of rotatable bonds is 2. The number of hydrogen-bond donors (Lipinski definition) is 2. The zero-order chi connectivity index (χ0) is 18.0. The minimum Gasteiger partial charge on any atom is -0.389 e. The van der Waals surface area contributed by atoms with Crippen LogP contribution in [0.15, 0.2) is 18.2 Å². The molecule has 0 aliphatic carbocycles. The number of anilines is 1. The van der Waals surface area contributed by atoms with E-state index in [1.807, 2.05) is 6.92 Å². The van der Waals surface area contributed by atoms with Crippen LogP contribution >= 0.6 is 23.2 Å². The Hall–Kier alpha value is -1.01. The van der Waals surface area contributed by atoms with Gasteiger partial charge < -0.3 is 20.1 Å². The average molecular weight is 387 g/mol. The molecule has 1 aromatic carbocycles. The fourth-order valence-corrected chi connectivity index (χ4v) is 4.20. The number of hydrogen-bond acceptors (Lipinski definition) is 3. The molecular weight excluding hydrogens is 363 g/mol. The Balaban J connectivity index is 1.61. The van der Waals surface area contributed by atoms with Crippen LogP contribution in [-0.4, -0.2) is 47.9 Å². The Kier molecular flexibility index (Phi) is 5.78. The largest absolute Gasteiger partial charge is 0.389 e. The summed E-state index contributed by atoms with van der Waals surface area (Å²) in [5.41, 5.74) is -0.109. The number of aliphatic hydroxyl groups is 1. The molecular formula is C18H24Cl2N2O3. The summed E-state index contributed by atoms with van der Waals surface area (Å²) in [5, 5.41) is 14.9. The Morgan fingerprint density at radius 2 is 2.04 bits per heavy atom. The fraction of sp³-hybridized carbons (Fsp3) is 0.611. The quantitative estimate of drug-likeness (QED) is 0.806. The molecule has 2 aliphatic rings. The number of likely N-dealkylation sites (tertiary alicyclic amines) is 1. The molecule has 2 atom stereocenters. The van der Waals surface area contributed by atoms with Gasteiger partial charge in [-0.1, -0.05) is 30.1 Å². The number of amides is 2. The lowest BCUT2D eigenvalue weighted by Crippen LogP contribution is -2.57. The van der Waals surface area contributed by atoms with E-state index >= 15 is 0 Å². The van der Waals surface area contributed by atoms with Crippen molar-refractivity contribution in [2.45, 2.75) is 31.8 Å². The van der Waals surface area contributed by atoms with Crippen molar-refractivity contribution in [2.75, 3.05) is 31.6 Å². The van der Waals surface area contributed by atoms with E-state index < -0.39 is 5.60 Å². The average Bonchev–Trinajstić information content (AvgIpc) is 2.61. The summed E-state index contributed by atoms with van der Waals surface area (Å²) in [6, 6.07) is 4.83. The molecule has 0 aromatic heterocycles. The molecule has 2 aliphatic heterocycles. The van der Waals surface area contributed by atoms with Gasteiger partial charge in [-0.15, -0.1) is 0 Å². The van der Waals surface area contributed by atoms with Gasteiger partial charge in [-0.05, 0) is 43.4 Å². The van der Waals surface area contributed by atoms with E-state index in [1.165, 1.54) is 0 Å². The number of carbonyl (C=O) groups is 1. The second kappa shape index (κ2) is 7.70. The van der Waals surface area contributed by atoms with Crippen LogP contribution in [0.5, 0.6) is 0 Å². The highest BCUT2D eigenvalue weighted by Gasteiger charge is 2.46. The third kappa shape index (κ3) is 4.05. The first-order chi connectivity index (χ1) is 11.9. The summed E-state index contributed by atoms with van der Waals surface area (Å²) < 4.78 is 5.41. The topological polar surface area (TPSA) is 61.8 Å². The van der Waals surface area contributed by atoms with E-state index in [2.05, 4.69) is 5.32 Å². The first-order valence-corrected chi connectivity index (χ1v) is 9.47. The summed E-state index contributed by atoms with van der Waals surface area (Å²) in [6.45, 7) is 4.50. The minimum atomic E-state index is -0.718. The predicted octanol–water partition coefficient (Wildman–Crippen LogP) is 4.02. The van der Waals surface area contributed by atoms with Crippen LogP contribution in [0.25, 0.3) is 0 Å². The monoisotopic (exact) mass is 386 g/mol. The zero-order valence-electron chi connectivity index (χ0n) is 14.3. The van der Waals surface area contributed by atoms with Crippen molar-refractivity contribution >= 4 is 34.9 Å². The van der Waals surface area contributed by atoms with Crippen LogP contribution in [0.2, 0.25) is 10.0 Å². The normalized spacial score (nSPS) is 28.0. The van der Waals surface area contributed by atoms with Crippen LogP contribution in [0, 0.1) is 11.8 Å². The number of benzene rings is 1. The van der Waals surface area contributed by atoms with E-state index in [-0.39, 0.29) is 17.9 Å². The van der Waals surface area contributed by atoms with E-state index in [1.54, 1.807) is 23.1 Å². The maximum Gasteiger partial charge on any atom is 0.321 e. The van der Waals surface area contributed by atoms with Crippen LogP contribution in [0.1, 0.15) is 26.2 Å². The van der Waals surface area contributed by atoms with E-state index in [0.29, 0.717) is 48.5 Å². The molecule has 0 spiro atoms. The smallest absolute Gasteiger partial charge is 0.321 e. The summed E-state index contributed by atoms with van der Waals surface area (Å²) >= 11 is 11.9. The Morgan fingerprint density at radius 1 is 1.32 bits per heavy atom. The first kappa shape index (κ1) is 18.8. The van der Waals surface area contributed by atoms with E-state index in [4.69, 9.17) is 27.9 Å². The Morgan fingerprint density at radius 3 is 2.68 bits per heavy atom. The van der Waals surface area contributed by atoms with Crippen LogP contribution in [0.3, 0.4) is 0 Å². The van der Waals surface area contributed by atoms with Crippen molar-refractivity contribution in [3.63, 3.8) is 0 Å². The number of piperidine rings is 1. The molecule has 2 saturated heterocycles. The molecule has 0 bridgehead atoms. The first-order valence-electron chi connectivity index (χ1n) is 8.71. The molecule has 2 amide bonds. The number of ether oxygens (including phenoxy) is 1. The minimum absolute atomic E-state index is 0.0175. The van der Waals surface area contributed by atoms with Gasteiger partial charge in [0.1, 0.15) is 0 Å². The predicted molar refractivity (Wildman–Crippen MR) is 99.3 cm³/mol. The van der Waals surface area contributed by atoms with Crippen molar-refractivity contribution in [3.8, 4) is 0 Å². The highest BCUT2D eigenvalue weighted by molar-refractivity contribution is 6.42. The SMILES string of the molecule is CC1CN(C(=O)Nc2ccc(Cl)c(Cl)c2)CCC1(O)C1CCOCC1. The van der Waals surface area contributed by atoms with Gasteiger partial charge in [0.15, 0.2) is 0 Å².